The average Bonchev–Trinajstić information content (AvgIpc) is 3.41. The number of aromatic nitrogens is 2. The molecule has 12 heteroatoms. The molecule has 0 spiro atoms. The summed E-state index contributed by atoms with van der Waals surface area (Å²) in [5.74, 6) is 0. The number of alkyl carbamates (subject to hydrolysis) is 1. The molecule has 0 unspecified atom stereocenters. The summed E-state index contributed by atoms with van der Waals surface area (Å²) in [4.78, 5) is 43.2. The molecule has 1 aliphatic carbocycles. The largest absolute Gasteiger partial charge is 0.444 e. The van der Waals surface area contributed by atoms with Crippen LogP contribution in [-0.4, -0.2) is 39.9 Å². The van der Waals surface area contributed by atoms with Crippen molar-refractivity contribution in [1.29, 1.82) is 0 Å². The molecule has 3 rings (SSSR count). The predicted octanol–water partition coefficient (Wildman–Crippen LogP) is 4.29. The highest BCUT2D eigenvalue weighted by Gasteiger charge is 2.46. The lowest BCUT2D eigenvalue weighted by molar-refractivity contribution is -0.136. The van der Waals surface area contributed by atoms with Crippen LogP contribution in [0, 0.1) is 6.92 Å². The third-order valence-corrected chi connectivity index (χ3v) is 7.00. The molecular weight excluding hydrogens is 473 g/mol. The van der Waals surface area contributed by atoms with Gasteiger partial charge in [-0.25, -0.2) is 9.59 Å². The summed E-state index contributed by atoms with van der Waals surface area (Å²) in [6.45, 7) is 8.06. The van der Waals surface area contributed by atoms with Crippen LogP contribution in [-0.2, 0) is 16.8 Å². The number of alkyl halides is 3. The van der Waals surface area contributed by atoms with Crippen molar-refractivity contribution in [2.24, 2.45) is 4.99 Å². The second kappa shape index (κ2) is 9.20. The van der Waals surface area contributed by atoms with Crippen molar-refractivity contribution in [1.82, 2.24) is 14.5 Å². The van der Waals surface area contributed by atoms with E-state index in [4.69, 9.17) is 4.74 Å². The second-order valence-electron chi connectivity index (χ2n) is 9.44. The van der Waals surface area contributed by atoms with Crippen LogP contribution in [0.4, 0.5) is 18.0 Å². The highest BCUT2D eigenvalue weighted by Crippen LogP contribution is 2.45. The predicted molar refractivity (Wildman–Crippen MR) is 125 cm³/mol. The van der Waals surface area contributed by atoms with Crippen molar-refractivity contribution in [3.63, 3.8) is 0 Å². The van der Waals surface area contributed by atoms with Gasteiger partial charge in [-0.05, 0) is 52.5 Å². The fourth-order valence-corrected chi connectivity index (χ4v) is 4.99. The normalized spacial score (nSPS) is 15.8. The van der Waals surface area contributed by atoms with Gasteiger partial charge in [0.2, 0.25) is 0 Å². The van der Waals surface area contributed by atoms with E-state index in [9.17, 15) is 27.6 Å². The molecule has 1 N–H and O–H groups in total. The molecular formula is C22H29F3N4O4S. The number of carbonyl (C=O) groups excluding carboxylic acids is 1. The first-order valence-corrected chi connectivity index (χ1v) is 11.8. The lowest BCUT2D eigenvalue weighted by atomic mass is 10.1. The van der Waals surface area contributed by atoms with Crippen LogP contribution in [0.2, 0.25) is 0 Å². The number of nitrogens with one attached hydrogen (secondary N) is 1. The summed E-state index contributed by atoms with van der Waals surface area (Å²) < 4.78 is 46.3. The van der Waals surface area contributed by atoms with Gasteiger partial charge in [0.15, 0.2) is 0 Å². The zero-order chi connectivity index (χ0) is 25.5. The number of ether oxygens (including phenoxy) is 1. The maximum absolute atomic E-state index is 13.4. The van der Waals surface area contributed by atoms with Crippen LogP contribution >= 0.6 is 11.3 Å². The maximum Gasteiger partial charge on any atom is 0.409 e. The molecule has 1 aliphatic rings. The molecule has 0 radical (unpaired) electrons. The maximum atomic E-state index is 13.4. The Bertz CT molecular complexity index is 1230. The fraction of sp³-hybridized carbons (Fsp3) is 0.636. The quantitative estimate of drug-likeness (QED) is 0.572. The van der Waals surface area contributed by atoms with Gasteiger partial charge in [0, 0.05) is 12.8 Å². The van der Waals surface area contributed by atoms with Crippen LogP contribution in [0.25, 0.3) is 10.2 Å². The van der Waals surface area contributed by atoms with Crippen LogP contribution in [0.5, 0.6) is 0 Å². The van der Waals surface area contributed by atoms with Gasteiger partial charge >= 0.3 is 18.0 Å². The third kappa shape index (κ3) is 5.53. The standard InChI is InChI=1S/C22H29F3N4O4S/c1-6-21(7-8-21)29-16(30)15-13(2)14(11-26-12-27-18(31)33-20(3,4)5)34-17(15)28(19(29)32)10-9-22(23,24)25/h11H,6-10,12H2,1-5H3,(H,27,31). The van der Waals surface area contributed by atoms with Crippen molar-refractivity contribution in [2.75, 3.05) is 6.67 Å². The Labute approximate surface area is 198 Å². The number of thiophene rings is 1. The Morgan fingerprint density at radius 3 is 2.44 bits per heavy atom. The summed E-state index contributed by atoms with van der Waals surface area (Å²) in [5, 5.41) is 2.71. The molecule has 0 saturated heterocycles. The van der Waals surface area contributed by atoms with Crippen LogP contribution in [0.3, 0.4) is 0 Å². The lowest BCUT2D eigenvalue weighted by Crippen LogP contribution is -2.45. The number of hydrogen-bond donors (Lipinski definition) is 1. The summed E-state index contributed by atoms with van der Waals surface area (Å²) in [7, 11) is 0. The number of aryl methyl sites for hydroxylation is 2. The molecule has 0 bridgehead atoms. The minimum absolute atomic E-state index is 0.0906. The summed E-state index contributed by atoms with van der Waals surface area (Å²) in [6, 6.07) is 0. The van der Waals surface area contributed by atoms with Gasteiger partial charge in [0.25, 0.3) is 5.56 Å². The molecule has 1 saturated carbocycles. The van der Waals surface area contributed by atoms with Gasteiger partial charge in [-0.15, -0.1) is 11.3 Å². The Morgan fingerprint density at radius 1 is 1.26 bits per heavy atom. The third-order valence-electron chi connectivity index (χ3n) is 5.75. The van der Waals surface area contributed by atoms with Crippen molar-refractivity contribution in [2.45, 2.75) is 84.2 Å². The van der Waals surface area contributed by atoms with E-state index in [0.717, 1.165) is 20.5 Å². The number of aliphatic imine (C=N–C) groups is 1. The summed E-state index contributed by atoms with van der Waals surface area (Å²) in [6.07, 6.45) is -3.02. The number of amides is 1. The van der Waals surface area contributed by atoms with Gasteiger partial charge < -0.3 is 10.1 Å². The molecule has 34 heavy (non-hydrogen) atoms. The zero-order valence-electron chi connectivity index (χ0n) is 19.8. The molecule has 0 aromatic carbocycles. The monoisotopic (exact) mass is 502 g/mol. The van der Waals surface area contributed by atoms with E-state index in [1.54, 1.807) is 27.7 Å². The van der Waals surface area contributed by atoms with Crippen LogP contribution in [0.1, 0.15) is 63.8 Å². The molecule has 1 fully saturated rings. The molecule has 0 atom stereocenters. The van der Waals surface area contributed by atoms with Gasteiger partial charge in [0.1, 0.15) is 17.1 Å². The Morgan fingerprint density at radius 2 is 1.91 bits per heavy atom. The van der Waals surface area contributed by atoms with Crippen molar-refractivity contribution >= 4 is 33.9 Å². The molecule has 2 aromatic rings. The fourth-order valence-electron chi connectivity index (χ4n) is 3.77. The van der Waals surface area contributed by atoms with Crippen LogP contribution in [0.15, 0.2) is 14.6 Å². The number of nitrogens with zero attached hydrogens (tertiary/aromatic N) is 3. The van der Waals surface area contributed by atoms with E-state index in [-0.39, 0.29) is 16.9 Å². The molecule has 2 heterocycles. The molecule has 1 amide bonds. The van der Waals surface area contributed by atoms with E-state index in [2.05, 4.69) is 10.3 Å². The van der Waals surface area contributed by atoms with Gasteiger partial charge in [-0.3, -0.25) is 18.9 Å². The Kier molecular flexibility index (Phi) is 7.03. The van der Waals surface area contributed by atoms with Gasteiger partial charge in [0.05, 0.1) is 22.2 Å². The molecule has 8 nitrogen and oxygen atoms in total. The summed E-state index contributed by atoms with van der Waals surface area (Å²) in [5.41, 5.74) is -1.96. The zero-order valence-corrected chi connectivity index (χ0v) is 20.7. The first-order chi connectivity index (χ1) is 15.7. The van der Waals surface area contributed by atoms with E-state index < -0.39 is 47.6 Å². The molecule has 2 aromatic heterocycles. The minimum atomic E-state index is -4.45. The number of carbonyl (C=O) groups is 1. The van der Waals surface area contributed by atoms with Gasteiger partial charge in [-0.2, -0.15) is 13.2 Å². The molecule has 188 valence electrons. The van der Waals surface area contributed by atoms with E-state index in [1.807, 2.05) is 6.92 Å². The first-order valence-electron chi connectivity index (χ1n) is 11.0. The SMILES string of the molecule is CCC1(n2c(=O)c3c(C)c(C=NCNC(=O)OC(C)(C)C)sc3n(CCC(F)(F)F)c2=O)CC1. The second-order valence-corrected chi connectivity index (χ2v) is 10.5. The number of halogens is 3. The van der Waals surface area contributed by atoms with Crippen molar-refractivity contribution in [3.05, 3.63) is 31.3 Å². The lowest BCUT2D eigenvalue weighted by Gasteiger charge is -2.19. The highest BCUT2D eigenvalue weighted by molar-refractivity contribution is 7.20. The van der Waals surface area contributed by atoms with Crippen molar-refractivity contribution < 1.29 is 22.7 Å². The first kappa shape index (κ1) is 26.0. The topological polar surface area (TPSA) is 94.7 Å². The van der Waals surface area contributed by atoms with E-state index in [0.29, 0.717) is 29.7 Å². The smallest absolute Gasteiger partial charge is 0.409 e. The Balaban J connectivity index is 2.00. The average molecular weight is 503 g/mol. The summed E-state index contributed by atoms with van der Waals surface area (Å²) >= 11 is 1.03. The van der Waals surface area contributed by atoms with E-state index >= 15 is 0 Å². The highest BCUT2D eigenvalue weighted by atomic mass is 32.1. The van der Waals surface area contributed by atoms with Crippen molar-refractivity contribution in [3.8, 4) is 0 Å². The number of fused-ring (bicyclic) bond motifs is 1. The minimum Gasteiger partial charge on any atom is -0.444 e. The molecule has 0 aliphatic heterocycles. The number of hydrogen-bond acceptors (Lipinski definition) is 6. The van der Waals surface area contributed by atoms with E-state index in [1.165, 1.54) is 6.21 Å². The Hall–Kier alpha value is -2.63. The number of rotatable bonds is 7. The van der Waals surface area contributed by atoms with Crippen LogP contribution < -0.4 is 16.6 Å². The van der Waals surface area contributed by atoms with Gasteiger partial charge in [-0.1, -0.05) is 6.92 Å².